The first-order chi connectivity index (χ1) is 26.7. The van der Waals surface area contributed by atoms with Gasteiger partial charge in [0.1, 0.15) is 0 Å². The van der Waals surface area contributed by atoms with Crippen molar-refractivity contribution in [3.05, 3.63) is 154 Å². The zero-order chi connectivity index (χ0) is 38.4. The molecule has 2 nitrogen and oxygen atoms in total. The maximum absolute atomic E-state index is 6.20. The Morgan fingerprint density at radius 2 is 1.13 bits per heavy atom. The van der Waals surface area contributed by atoms with Crippen LogP contribution in [0, 0.1) is 17.3 Å². The third-order valence-corrected chi connectivity index (χ3v) is 13.2. The Labute approximate surface area is 333 Å². The molecule has 5 aromatic rings. The molecule has 0 amide bonds. The van der Waals surface area contributed by atoms with Crippen LogP contribution < -0.4 is 9.64 Å². The number of aryl methyl sites for hydroxylation is 5. The van der Waals surface area contributed by atoms with E-state index in [1.165, 1.54) is 79.2 Å². The molecule has 0 fully saturated rings. The van der Waals surface area contributed by atoms with Gasteiger partial charge in [-0.05, 0) is 163 Å². The summed E-state index contributed by atoms with van der Waals surface area (Å²) in [6, 6.07) is 43.4. The van der Waals surface area contributed by atoms with E-state index >= 15 is 0 Å². The van der Waals surface area contributed by atoms with Crippen LogP contribution in [0.5, 0.6) is 11.5 Å². The lowest BCUT2D eigenvalue weighted by Gasteiger charge is -2.37. The van der Waals surface area contributed by atoms with E-state index in [9.17, 15) is 0 Å². The molecule has 288 valence electrons. The molecule has 1 heterocycles. The summed E-state index contributed by atoms with van der Waals surface area (Å²) in [5, 5.41) is 0. The van der Waals surface area contributed by atoms with Crippen LogP contribution in [0.25, 0.3) is 0 Å². The van der Waals surface area contributed by atoms with Crippen molar-refractivity contribution in [2.45, 2.75) is 124 Å². The molecule has 7 rings (SSSR count). The third kappa shape index (κ3) is 9.40. The molecule has 4 atom stereocenters. The highest BCUT2D eigenvalue weighted by molar-refractivity contribution is 5.77. The fraction of sp³-hybridized carbons (Fsp3) is 0.434. The van der Waals surface area contributed by atoms with Gasteiger partial charge in [-0.15, -0.1) is 0 Å². The van der Waals surface area contributed by atoms with Crippen molar-refractivity contribution < 1.29 is 4.74 Å². The van der Waals surface area contributed by atoms with Gasteiger partial charge in [0, 0.05) is 6.54 Å². The van der Waals surface area contributed by atoms with Gasteiger partial charge < -0.3 is 9.64 Å². The number of rotatable bonds is 17. The summed E-state index contributed by atoms with van der Waals surface area (Å²) in [5.41, 5.74) is 13.2. The van der Waals surface area contributed by atoms with E-state index in [-0.39, 0.29) is 5.41 Å². The van der Waals surface area contributed by atoms with Gasteiger partial charge in [0.15, 0.2) is 11.5 Å². The number of ether oxygens (including phenoxy) is 1. The van der Waals surface area contributed by atoms with Crippen molar-refractivity contribution in [3.8, 4) is 11.5 Å². The molecule has 0 radical (unpaired) electrons. The van der Waals surface area contributed by atoms with Gasteiger partial charge in [-0.2, -0.15) is 0 Å². The van der Waals surface area contributed by atoms with Crippen LogP contribution >= 0.6 is 0 Å². The minimum Gasteiger partial charge on any atom is -0.453 e. The number of hydrogen-bond acceptors (Lipinski definition) is 2. The maximum atomic E-state index is 6.20. The Kier molecular flexibility index (Phi) is 12.5. The van der Waals surface area contributed by atoms with Crippen molar-refractivity contribution in [2.24, 2.45) is 17.3 Å². The molecule has 5 aromatic carbocycles. The SMILES string of the molecule is CCC(c1ccc(CCCCc2ccc3c(c2)CC3)cc1)C(C)C(C)CC(c1ccc(CCCCN2c3ccccc3Oc3ccccc32)cc1)C(C)(C)C. The highest BCUT2D eigenvalue weighted by Gasteiger charge is 2.32. The fourth-order valence-corrected chi connectivity index (χ4v) is 9.42. The molecule has 2 aliphatic rings. The summed E-state index contributed by atoms with van der Waals surface area (Å²) < 4.78 is 6.20. The normalized spacial score (nSPS) is 15.5. The summed E-state index contributed by atoms with van der Waals surface area (Å²) in [5.74, 6) is 4.24. The van der Waals surface area contributed by atoms with Gasteiger partial charge in [0.2, 0.25) is 0 Å². The van der Waals surface area contributed by atoms with E-state index in [0.717, 1.165) is 48.7 Å². The zero-order valence-corrected chi connectivity index (χ0v) is 34.6. The lowest BCUT2D eigenvalue weighted by molar-refractivity contribution is 0.222. The summed E-state index contributed by atoms with van der Waals surface area (Å²) >= 11 is 0. The molecule has 55 heavy (non-hydrogen) atoms. The van der Waals surface area contributed by atoms with E-state index in [2.05, 4.69) is 162 Å². The van der Waals surface area contributed by atoms with Gasteiger partial charge in [-0.3, -0.25) is 0 Å². The van der Waals surface area contributed by atoms with Crippen molar-refractivity contribution in [3.63, 3.8) is 0 Å². The van der Waals surface area contributed by atoms with Crippen LogP contribution in [-0.2, 0) is 32.1 Å². The molecule has 4 unspecified atom stereocenters. The molecule has 0 spiro atoms. The molecule has 0 saturated carbocycles. The Morgan fingerprint density at radius 3 is 1.67 bits per heavy atom. The van der Waals surface area contributed by atoms with Crippen LogP contribution in [0.2, 0.25) is 0 Å². The van der Waals surface area contributed by atoms with E-state index in [0.29, 0.717) is 23.7 Å². The number of anilines is 2. The van der Waals surface area contributed by atoms with Crippen molar-refractivity contribution in [1.82, 2.24) is 0 Å². The molecule has 0 bridgehead atoms. The van der Waals surface area contributed by atoms with E-state index in [1.54, 1.807) is 11.1 Å². The molecule has 1 aliphatic heterocycles. The Bertz CT molecular complexity index is 1940. The first-order valence-electron chi connectivity index (χ1n) is 21.6. The van der Waals surface area contributed by atoms with E-state index in [4.69, 9.17) is 4.74 Å². The van der Waals surface area contributed by atoms with Crippen molar-refractivity contribution in [2.75, 3.05) is 11.4 Å². The second-order valence-electron chi connectivity index (χ2n) is 17.9. The lowest BCUT2D eigenvalue weighted by atomic mass is 9.68. The van der Waals surface area contributed by atoms with Gasteiger partial charge in [-0.1, -0.05) is 133 Å². The Hall–Kier alpha value is -4.30. The van der Waals surface area contributed by atoms with Crippen molar-refractivity contribution >= 4 is 11.4 Å². The average molecular weight is 732 g/mol. The molecule has 1 aliphatic carbocycles. The van der Waals surface area contributed by atoms with E-state index in [1.807, 2.05) is 0 Å². The number of nitrogens with zero attached hydrogens (tertiary/aromatic N) is 1. The predicted octanol–water partition coefficient (Wildman–Crippen LogP) is 14.6. The Balaban J connectivity index is 0.901. The van der Waals surface area contributed by atoms with Crippen LogP contribution in [-0.4, -0.2) is 6.54 Å². The largest absolute Gasteiger partial charge is 0.453 e. The van der Waals surface area contributed by atoms with Crippen LogP contribution in [0.3, 0.4) is 0 Å². The number of fused-ring (bicyclic) bond motifs is 3. The summed E-state index contributed by atoms with van der Waals surface area (Å²) in [4.78, 5) is 2.43. The topological polar surface area (TPSA) is 12.5 Å². The lowest BCUT2D eigenvalue weighted by Crippen LogP contribution is -2.25. The molecule has 2 heteroatoms. The number of hydrogen-bond donors (Lipinski definition) is 0. The summed E-state index contributed by atoms with van der Waals surface area (Å²) in [6.07, 6.45) is 13.3. The summed E-state index contributed by atoms with van der Waals surface area (Å²) in [7, 11) is 0. The molecular weight excluding hydrogens is 667 g/mol. The standard InChI is InChI=1S/C53H65NO/c1-7-47(44-29-23-40(24-30-44)16-8-9-18-42-27-28-43-33-34-46(43)37-42)39(3)38(2)36-48(53(4,5)6)45-31-25-41(26-32-45)17-14-15-35-54-49-19-10-12-21-51(49)55-52-22-13-11-20-50(52)54/h10-13,19-32,37-39,47-48H,7-9,14-18,33-36H2,1-6H3. The quantitative estimate of drug-likeness (QED) is 0.0883. The number of benzene rings is 5. The number of unbranched alkanes of at least 4 members (excludes halogenated alkanes) is 2. The van der Waals surface area contributed by atoms with Crippen LogP contribution in [0.4, 0.5) is 11.4 Å². The smallest absolute Gasteiger partial charge is 0.151 e. The van der Waals surface area contributed by atoms with Gasteiger partial charge in [0.05, 0.1) is 11.4 Å². The first kappa shape index (κ1) is 39.0. The van der Waals surface area contributed by atoms with E-state index < -0.39 is 0 Å². The molecule has 0 saturated heterocycles. The molecular formula is C53H65NO. The van der Waals surface area contributed by atoms with Crippen molar-refractivity contribution in [1.29, 1.82) is 0 Å². The second kappa shape index (κ2) is 17.7. The maximum Gasteiger partial charge on any atom is 0.151 e. The number of para-hydroxylation sites is 4. The second-order valence-corrected chi connectivity index (χ2v) is 17.9. The highest BCUT2D eigenvalue weighted by Crippen LogP contribution is 2.47. The minimum absolute atomic E-state index is 0.199. The van der Waals surface area contributed by atoms with Gasteiger partial charge in [0.25, 0.3) is 0 Å². The average Bonchev–Trinajstić information content (AvgIpc) is 3.18. The van der Waals surface area contributed by atoms with Gasteiger partial charge in [-0.25, -0.2) is 0 Å². The Morgan fingerprint density at radius 1 is 0.600 bits per heavy atom. The first-order valence-corrected chi connectivity index (χ1v) is 21.6. The monoisotopic (exact) mass is 732 g/mol. The highest BCUT2D eigenvalue weighted by atomic mass is 16.5. The summed E-state index contributed by atoms with van der Waals surface area (Å²) in [6.45, 7) is 15.7. The predicted molar refractivity (Wildman–Crippen MR) is 234 cm³/mol. The third-order valence-electron chi connectivity index (χ3n) is 13.2. The zero-order valence-electron chi connectivity index (χ0n) is 34.6. The molecule has 0 aromatic heterocycles. The molecule has 0 N–H and O–H groups in total. The van der Waals surface area contributed by atoms with Gasteiger partial charge >= 0.3 is 0 Å². The van der Waals surface area contributed by atoms with Crippen LogP contribution in [0.15, 0.2) is 115 Å². The fourth-order valence-electron chi connectivity index (χ4n) is 9.42. The van der Waals surface area contributed by atoms with Crippen LogP contribution in [0.1, 0.15) is 131 Å². The minimum atomic E-state index is 0.199.